The molecular weight excluding hydrogens is 367 g/mol. The summed E-state index contributed by atoms with van der Waals surface area (Å²) in [5.41, 5.74) is 2.55. The minimum atomic E-state index is -4.21. The summed E-state index contributed by atoms with van der Waals surface area (Å²) < 4.78 is 36.3. The maximum atomic E-state index is 12.1. The number of benzene rings is 1. The van der Waals surface area contributed by atoms with Gasteiger partial charge in [-0.1, -0.05) is 30.9 Å². The van der Waals surface area contributed by atoms with Gasteiger partial charge in [-0.3, -0.25) is 0 Å². The Labute approximate surface area is 162 Å². The molecule has 0 amide bonds. The topological polar surface area (TPSA) is 54.9 Å². The smallest absolute Gasteiger partial charge is 0.354 e. The Morgan fingerprint density at radius 1 is 1.11 bits per heavy atom. The third kappa shape index (κ3) is 8.21. The van der Waals surface area contributed by atoms with E-state index in [1.807, 2.05) is 24.3 Å². The number of hydrogen-bond acceptors (Lipinski definition) is 4. The SMILES string of the molecule is CC(=O)CC(C)Cc1ccc(C#Cc2cnc(NCCC(F)(F)F)nc2)cc1. The second kappa shape index (κ2) is 9.88. The highest BCUT2D eigenvalue weighted by molar-refractivity contribution is 5.75. The molecule has 0 spiro atoms. The lowest BCUT2D eigenvalue weighted by atomic mass is 9.96. The van der Waals surface area contributed by atoms with Crippen LogP contribution in [0, 0.1) is 17.8 Å². The Kier molecular flexibility index (Phi) is 7.56. The van der Waals surface area contributed by atoms with Crippen LogP contribution in [0.15, 0.2) is 36.7 Å². The summed E-state index contributed by atoms with van der Waals surface area (Å²) >= 11 is 0. The summed E-state index contributed by atoms with van der Waals surface area (Å²) in [5.74, 6) is 6.56. The van der Waals surface area contributed by atoms with Crippen molar-refractivity contribution in [1.29, 1.82) is 0 Å². The number of nitrogens with one attached hydrogen (secondary N) is 1. The molecule has 148 valence electrons. The van der Waals surface area contributed by atoms with Gasteiger partial charge in [0.1, 0.15) is 5.78 Å². The highest BCUT2D eigenvalue weighted by Crippen LogP contribution is 2.19. The Morgan fingerprint density at radius 3 is 2.29 bits per heavy atom. The van der Waals surface area contributed by atoms with E-state index in [9.17, 15) is 18.0 Å². The van der Waals surface area contributed by atoms with Crippen LogP contribution in [0.1, 0.15) is 43.4 Å². The summed E-state index contributed by atoms with van der Waals surface area (Å²) in [6.45, 7) is 3.38. The van der Waals surface area contributed by atoms with Crippen molar-refractivity contribution in [2.75, 3.05) is 11.9 Å². The molecule has 1 atom stereocenters. The molecule has 0 fully saturated rings. The molecule has 2 rings (SSSR count). The fourth-order valence-electron chi connectivity index (χ4n) is 2.63. The van der Waals surface area contributed by atoms with Crippen LogP contribution in [0.5, 0.6) is 0 Å². The minimum absolute atomic E-state index is 0.138. The van der Waals surface area contributed by atoms with Crippen molar-refractivity contribution in [2.24, 2.45) is 5.92 Å². The number of ketones is 1. The molecule has 1 heterocycles. The molecule has 0 aliphatic rings. The average molecular weight is 389 g/mol. The van der Waals surface area contributed by atoms with Gasteiger partial charge in [0.05, 0.1) is 12.0 Å². The first-order valence-corrected chi connectivity index (χ1v) is 8.94. The van der Waals surface area contributed by atoms with Crippen LogP contribution >= 0.6 is 0 Å². The monoisotopic (exact) mass is 389 g/mol. The lowest BCUT2D eigenvalue weighted by molar-refractivity contribution is -0.131. The number of nitrogens with zero attached hydrogens (tertiary/aromatic N) is 2. The normalized spacial score (nSPS) is 12.0. The number of halogens is 3. The predicted octanol–water partition coefficient (Wildman–Crippen LogP) is 4.40. The van der Waals surface area contributed by atoms with Gasteiger partial charge in [0.2, 0.25) is 5.95 Å². The Bertz CT molecular complexity index is 834. The number of carbonyl (C=O) groups excluding carboxylic acids is 1. The van der Waals surface area contributed by atoms with Crippen molar-refractivity contribution in [3.05, 3.63) is 53.3 Å². The number of hydrogen-bond donors (Lipinski definition) is 1. The highest BCUT2D eigenvalue weighted by Gasteiger charge is 2.26. The molecule has 1 aromatic heterocycles. The third-order valence-electron chi connectivity index (χ3n) is 3.87. The molecule has 0 radical (unpaired) electrons. The second-order valence-corrected chi connectivity index (χ2v) is 6.75. The van der Waals surface area contributed by atoms with Crippen molar-refractivity contribution in [3.63, 3.8) is 0 Å². The summed E-state index contributed by atoms with van der Waals surface area (Å²) in [6, 6.07) is 7.81. The van der Waals surface area contributed by atoms with Gasteiger partial charge in [-0.05, 0) is 37.0 Å². The molecule has 28 heavy (non-hydrogen) atoms. The van der Waals surface area contributed by atoms with Crippen LogP contribution in [0.25, 0.3) is 0 Å². The van der Waals surface area contributed by atoms with E-state index >= 15 is 0 Å². The van der Waals surface area contributed by atoms with Crippen molar-refractivity contribution in [3.8, 4) is 11.8 Å². The van der Waals surface area contributed by atoms with Crippen LogP contribution in [0.2, 0.25) is 0 Å². The van der Waals surface area contributed by atoms with E-state index in [0.29, 0.717) is 17.9 Å². The number of Topliss-reactive ketones (excluding diaryl/α,β-unsaturated/α-hetero) is 1. The van der Waals surface area contributed by atoms with Crippen molar-refractivity contribution in [1.82, 2.24) is 9.97 Å². The number of anilines is 1. The zero-order valence-electron chi connectivity index (χ0n) is 15.8. The average Bonchev–Trinajstić information content (AvgIpc) is 2.60. The lowest BCUT2D eigenvalue weighted by Crippen LogP contribution is -2.15. The van der Waals surface area contributed by atoms with E-state index < -0.39 is 12.6 Å². The predicted molar refractivity (Wildman–Crippen MR) is 102 cm³/mol. The minimum Gasteiger partial charge on any atom is -0.354 e. The Hall–Kier alpha value is -2.88. The van der Waals surface area contributed by atoms with Crippen LogP contribution in [-0.2, 0) is 11.2 Å². The molecule has 4 nitrogen and oxygen atoms in total. The first-order chi connectivity index (χ1) is 13.2. The molecule has 1 N–H and O–H groups in total. The van der Waals surface area contributed by atoms with E-state index in [2.05, 4.69) is 34.0 Å². The van der Waals surface area contributed by atoms with Gasteiger partial charge < -0.3 is 10.1 Å². The van der Waals surface area contributed by atoms with Gasteiger partial charge in [0, 0.05) is 30.9 Å². The first-order valence-electron chi connectivity index (χ1n) is 8.94. The van der Waals surface area contributed by atoms with Gasteiger partial charge >= 0.3 is 6.18 Å². The van der Waals surface area contributed by atoms with Gasteiger partial charge in [0.25, 0.3) is 0 Å². The third-order valence-corrected chi connectivity index (χ3v) is 3.87. The van der Waals surface area contributed by atoms with Crippen molar-refractivity contribution in [2.45, 2.75) is 39.3 Å². The van der Waals surface area contributed by atoms with Crippen LogP contribution in [0.3, 0.4) is 0 Å². The van der Waals surface area contributed by atoms with Crippen molar-refractivity contribution < 1.29 is 18.0 Å². The van der Waals surface area contributed by atoms with E-state index in [1.54, 1.807) is 6.92 Å². The molecule has 1 aromatic carbocycles. The van der Waals surface area contributed by atoms with Crippen LogP contribution < -0.4 is 5.32 Å². The van der Waals surface area contributed by atoms with E-state index in [4.69, 9.17) is 0 Å². The van der Waals surface area contributed by atoms with Gasteiger partial charge in [-0.15, -0.1) is 0 Å². The van der Waals surface area contributed by atoms with Gasteiger partial charge in [0.15, 0.2) is 0 Å². The maximum Gasteiger partial charge on any atom is 0.390 e. The maximum absolute atomic E-state index is 12.1. The molecule has 0 saturated heterocycles. The molecule has 7 heteroatoms. The zero-order valence-corrected chi connectivity index (χ0v) is 15.8. The largest absolute Gasteiger partial charge is 0.390 e. The van der Waals surface area contributed by atoms with Crippen LogP contribution in [0.4, 0.5) is 19.1 Å². The van der Waals surface area contributed by atoms with E-state index in [0.717, 1.165) is 17.5 Å². The fraction of sp³-hybridized carbons (Fsp3) is 0.381. The van der Waals surface area contributed by atoms with Crippen molar-refractivity contribution >= 4 is 11.7 Å². The summed E-state index contributed by atoms with van der Waals surface area (Å²) in [6.07, 6.45) is -0.811. The lowest BCUT2D eigenvalue weighted by Gasteiger charge is -2.09. The summed E-state index contributed by atoms with van der Waals surface area (Å²) in [4.78, 5) is 19.1. The fourth-order valence-corrected chi connectivity index (χ4v) is 2.63. The van der Waals surface area contributed by atoms with Gasteiger partial charge in [-0.25, -0.2) is 9.97 Å². The molecule has 0 bridgehead atoms. The standard InChI is InChI=1S/C21H22F3N3O/c1-15(11-16(2)28)12-18-6-3-17(4-7-18)5-8-19-13-26-20(27-14-19)25-10-9-21(22,23)24/h3-4,6-7,13-15H,9-12H2,1-2H3,(H,25,26,27). The summed E-state index contributed by atoms with van der Waals surface area (Å²) in [5, 5.41) is 2.52. The zero-order chi connectivity index (χ0) is 20.6. The van der Waals surface area contributed by atoms with Crippen LogP contribution in [-0.4, -0.2) is 28.5 Å². The number of alkyl halides is 3. The summed E-state index contributed by atoms with van der Waals surface area (Å²) in [7, 11) is 0. The molecular formula is C21H22F3N3O. The second-order valence-electron chi connectivity index (χ2n) is 6.75. The molecule has 2 aromatic rings. The molecule has 0 aliphatic carbocycles. The number of carbonyl (C=O) groups is 1. The van der Waals surface area contributed by atoms with Gasteiger partial charge in [-0.2, -0.15) is 13.2 Å². The molecule has 0 saturated carbocycles. The molecule has 0 aliphatic heterocycles. The molecule has 1 unspecified atom stereocenters. The highest BCUT2D eigenvalue weighted by atomic mass is 19.4. The van der Waals surface area contributed by atoms with E-state index in [-0.39, 0.29) is 18.3 Å². The Morgan fingerprint density at radius 2 is 1.71 bits per heavy atom. The quantitative estimate of drug-likeness (QED) is 0.714. The number of aromatic nitrogens is 2. The Balaban J connectivity index is 1.89. The number of rotatable bonds is 7. The van der Waals surface area contributed by atoms with E-state index in [1.165, 1.54) is 12.4 Å². The first kappa shape index (κ1) is 21.4.